The molecule has 4 heterocycles. The molecule has 6 amide bonds. The summed E-state index contributed by atoms with van der Waals surface area (Å²) in [6, 6.07) is 8.69. The van der Waals surface area contributed by atoms with Gasteiger partial charge in [0.25, 0.3) is 5.91 Å². The molecule has 14 nitrogen and oxygen atoms in total. The molecule has 0 radical (unpaired) electrons. The third-order valence-corrected chi connectivity index (χ3v) is 12.2. The highest BCUT2D eigenvalue weighted by Gasteiger charge is 2.55. The number of amides is 6. The highest BCUT2D eigenvalue weighted by Crippen LogP contribution is 2.41. The molecule has 4 aliphatic rings. The average Bonchev–Trinajstić information content (AvgIpc) is 3.32. The van der Waals surface area contributed by atoms with Crippen molar-refractivity contribution < 1.29 is 41.9 Å². The van der Waals surface area contributed by atoms with Crippen LogP contribution in [0.4, 0.5) is 23.7 Å². The van der Waals surface area contributed by atoms with Crippen LogP contribution in [0.2, 0.25) is 0 Å². The summed E-state index contributed by atoms with van der Waals surface area (Å²) >= 11 is 0.571. The number of urea groups is 1. The maximum absolute atomic E-state index is 13.6. The van der Waals surface area contributed by atoms with Crippen molar-refractivity contribution in [1.29, 1.82) is 5.26 Å². The summed E-state index contributed by atoms with van der Waals surface area (Å²) in [4.78, 5) is 73.3. The Labute approximate surface area is 333 Å². The number of carbonyl (C=O) groups excluding carboxylic acids is 5. The highest BCUT2D eigenvalue weighted by atomic mass is 32.2. The van der Waals surface area contributed by atoms with E-state index in [4.69, 9.17) is 10.00 Å². The number of anilines is 1. The molecule has 2 N–H and O–H groups in total. The SMILES string of the molecule is C[C@@H]1CN(CCOC2CCC(N3C(=O)N(Sc4cnc(C#N)c(C(F)(F)F)c4)C(=O)C3(C)C)CC2)C[C@H](C)N1CC(=O)Nc1ccc(C2CCC(=O)NC2=O)cc1. The Morgan fingerprint density at radius 2 is 1.72 bits per heavy atom. The fourth-order valence-electron chi connectivity index (χ4n) is 8.33. The minimum Gasteiger partial charge on any atom is -0.377 e. The van der Waals surface area contributed by atoms with Gasteiger partial charge in [0, 0.05) is 72.9 Å². The van der Waals surface area contributed by atoms with Crippen molar-refractivity contribution in [3.63, 3.8) is 0 Å². The number of aromatic nitrogens is 1. The molecule has 4 fully saturated rings. The van der Waals surface area contributed by atoms with Crippen molar-refractivity contribution in [2.24, 2.45) is 0 Å². The molecule has 0 spiro atoms. The van der Waals surface area contributed by atoms with E-state index in [2.05, 4.69) is 39.3 Å². The van der Waals surface area contributed by atoms with E-state index in [1.807, 2.05) is 0 Å². The first-order chi connectivity index (χ1) is 27.0. The minimum absolute atomic E-state index is 0.0216. The second kappa shape index (κ2) is 17.1. The average molecular weight is 813 g/mol. The zero-order chi connectivity index (χ0) is 41.2. The van der Waals surface area contributed by atoms with Crippen LogP contribution >= 0.6 is 11.9 Å². The number of nitriles is 1. The quantitative estimate of drug-likeness (QED) is 0.180. The molecule has 1 aromatic heterocycles. The Bertz CT molecular complexity index is 1900. The number of ether oxygens (including phenoxy) is 1. The molecule has 1 saturated carbocycles. The largest absolute Gasteiger partial charge is 0.419 e. The van der Waals surface area contributed by atoms with E-state index in [0.717, 1.165) is 35.2 Å². The van der Waals surface area contributed by atoms with E-state index < -0.39 is 34.9 Å². The van der Waals surface area contributed by atoms with Crippen molar-refractivity contribution >= 4 is 47.3 Å². The summed E-state index contributed by atoms with van der Waals surface area (Å²) in [5, 5.41) is 14.4. The van der Waals surface area contributed by atoms with Gasteiger partial charge in [-0.25, -0.2) is 9.78 Å². The molecule has 3 saturated heterocycles. The Kier molecular flexibility index (Phi) is 12.6. The van der Waals surface area contributed by atoms with Gasteiger partial charge >= 0.3 is 12.2 Å². The van der Waals surface area contributed by atoms with Crippen LogP contribution in [0.5, 0.6) is 0 Å². The highest BCUT2D eigenvalue weighted by molar-refractivity contribution is 7.98. The Hall–Kier alpha value is -4.57. The number of benzene rings is 1. The van der Waals surface area contributed by atoms with Crippen molar-refractivity contribution in [2.75, 3.05) is 38.1 Å². The molecule has 57 heavy (non-hydrogen) atoms. The lowest BCUT2D eigenvalue weighted by Gasteiger charge is -2.44. The standard InChI is InChI=1S/C39H47F3N8O6S/c1-23-20-47(21-24(2)48(23)22-34(52)45-26-7-5-25(6-8-26)30-13-14-33(51)46-35(30)53)15-16-56-28-11-9-27(10-12-28)49-37(55)50(36(54)38(49,3)4)57-29-17-31(39(40,41)42)32(18-43)44-19-29/h5-8,17,19,23-24,27-28,30H,9-16,20-22H2,1-4H3,(H,45,52)(H,46,51,53)/t23-,24+,27?,28?,30?. The molecule has 0 bridgehead atoms. The number of carbonyl (C=O) groups is 5. The predicted octanol–water partition coefficient (Wildman–Crippen LogP) is 4.90. The van der Waals surface area contributed by atoms with Crippen LogP contribution in [0.15, 0.2) is 41.4 Å². The van der Waals surface area contributed by atoms with E-state index in [1.165, 1.54) is 11.0 Å². The number of imide groups is 2. The number of nitrogens with one attached hydrogen (secondary N) is 2. The van der Waals surface area contributed by atoms with Crippen LogP contribution in [-0.4, -0.2) is 116 Å². The molecule has 1 aliphatic carbocycles. The molecule has 6 rings (SSSR count). The number of nitrogens with zero attached hydrogens (tertiary/aromatic N) is 6. The van der Waals surface area contributed by atoms with Gasteiger partial charge in [0.05, 0.1) is 30.7 Å². The molecule has 1 aromatic carbocycles. The van der Waals surface area contributed by atoms with Crippen molar-refractivity contribution in [1.82, 2.24) is 29.3 Å². The van der Waals surface area contributed by atoms with Crippen molar-refractivity contribution in [3.8, 4) is 6.07 Å². The van der Waals surface area contributed by atoms with E-state index in [9.17, 15) is 37.1 Å². The summed E-state index contributed by atoms with van der Waals surface area (Å²) < 4.78 is 47.7. The molecule has 3 atom stereocenters. The molecule has 2 aromatic rings. The third kappa shape index (κ3) is 9.43. The Morgan fingerprint density at radius 3 is 2.33 bits per heavy atom. The number of piperidine rings is 1. The Morgan fingerprint density at radius 1 is 1.05 bits per heavy atom. The fraction of sp³-hybridized carbons (Fsp3) is 0.564. The maximum Gasteiger partial charge on any atom is 0.419 e. The van der Waals surface area contributed by atoms with Gasteiger partial charge < -0.3 is 15.0 Å². The zero-order valence-corrected chi connectivity index (χ0v) is 33.1. The second-order valence-electron chi connectivity index (χ2n) is 15.7. The van der Waals surface area contributed by atoms with Gasteiger partial charge in [0.15, 0.2) is 5.69 Å². The number of halogens is 3. The van der Waals surface area contributed by atoms with Gasteiger partial charge in [0.1, 0.15) is 11.6 Å². The number of pyridine rings is 1. The van der Waals surface area contributed by atoms with Gasteiger partial charge in [-0.3, -0.25) is 34.3 Å². The zero-order valence-electron chi connectivity index (χ0n) is 32.3. The van der Waals surface area contributed by atoms with Crippen molar-refractivity contribution in [3.05, 3.63) is 53.3 Å². The summed E-state index contributed by atoms with van der Waals surface area (Å²) in [6.07, 6.45) is -0.489. The van der Waals surface area contributed by atoms with Crippen LogP contribution in [0.25, 0.3) is 0 Å². The van der Waals surface area contributed by atoms with Gasteiger partial charge in [0.2, 0.25) is 17.7 Å². The van der Waals surface area contributed by atoms with Crippen LogP contribution in [0.3, 0.4) is 0 Å². The second-order valence-corrected chi connectivity index (χ2v) is 16.7. The molecule has 3 aliphatic heterocycles. The number of piperazine rings is 1. The van der Waals surface area contributed by atoms with E-state index in [1.54, 1.807) is 38.1 Å². The molecule has 18 heteroatoms. The summed E-state index contributed by atoms with van der Waals surface area (Å²) in [7, 11) is 0. The first-order valence-electron chi connectivity index (χ1n) is 19.1. The molecule has 306 valence electrons. The van der Waals surface area contributed by atoms with Gasteiger partial charge in [-0.15, -0.1) is 0 Å². The smallest absolute Gasteiger partial charge is 0.377 e. The minimum atomic E-state index is -4.83. The predicted molar refractivity (Wildman–Crippen MR) is 202 cm³/mol. The topological polar surface area (TPSA) is 168 Å². The normalized spacial score (nSPS) is 26.0. The molecule has 1 unspecified atom stereocenters. The summed E-state index contributed by atoms with van der Waals surface area (Å²) in [5.41, 5.74) is -1.80. The number of hydrogen-bond donors (Lipinski definition) is 2. The van der Waals surface area contributed by atoms with E-state index in [-0.39, 0.29) is 59.3 Å². The monoisotopic (exact) mass is 812 g/mol. The lowest BCUT2D eigenvalue weighted by atomic mass is 9.89. The number of alkyl halides is 3. The van der Waals surface area contributed by atoms with Crippen LogP contribution < -0.4 is 10.6 Å². The molecular weight excluding hydrogens is 766 g/mol. The molecular formula is C39H47F3N8O6S. The van der Waals surface area contributed by atoms with Gasteiger partial charge in [-0.05, 0) is 83.6 Å². The third-order valence-electron chi connectivity index (χ3n) is 11.3. The van der Waals surface area contributed by atoms with Crippen molar-refractivity contribution in [2.45, 2.75) is 113 Å². The Balaban J connectivity index is 0.929. The lowest BCUT2D eigenvalue weighted by Crippen LogP contribution is -2.58. The van der Waals surface area contributed by atoms with Crippen LogP contribution in [-0.2, 0) is 30.1 Å². The number of hydrogen-bond acceptors (Lipinski definition) is 11. The number of rotatable bonds is 11. The van der Waals surface area contributed by atoms with Gasteiger partial charge in [-0.1, -0.05) is 12.1 Å². The van der Waals surface area contributed by atoms with Gasteiger partial charge in [-0.2, -0.15) is 22.7 Å². The maximum atomic E-state index is 13.6. The van der Waals surface area contributed by atoms with Crippen LogP contribution in [0.1, 0.15) is 89.0 Å². The first-order valence-corrected chi connectivity index (χ1v) is 19.9. The van der Waals surface area contributed by atoms with E-state index in [0.29, 0.717) is 69.3 Å². The van der Waals surface area contributed by atoms with Crippen LogP contribution in [0, 0.1) is 11.3 Å². The summed E-state index contributed by atoms with van der Waals surface area (Å²) in [5.74, 6) is -1.62. The van der Waals surface area contributed by atoms with E-state index >= 15 is 0 Å². The fourth-order valence-corrected chi connectivity index (χ4v) is 9.28. The lowest BCUT2D eigenvalue weighted by molar-refractivity contribution is -0.138. The summed E-state index contributed by atoms with van der Waals surface area (Å²) in [6.45, 7) is 10.4. The first kappa shape index (κ1) is 42.0.